The standard InChI is InChI=1S/C43H76O7/c1-4-5-23-30-39(44)31-25-20-16-14-17-21-26-32-40(45)33-28-35-43(48)50-37-41(46)36-49-42(47)34-27-22-18-13-11-9-7-6-8-10-12-15-19-24-29-38(2)3/h16-17,20-21,25-26,31-32,38-41,44-46H,4-15,18-19,22-24,27-30,33-37H2,1-3H3/b20-16-,21-17-,31-25+,32-26+/t39-,40-,41-/m0/s1. The molecule has 0 aromatic rings. The van der Waals surface area contributed by atoms with Gasteiger partial charge in [0.2, 0.25) is 0 Å². The highest BCUT2D eigenvalue weighted by atomic mass is 16.6. The zero-order valence-corrected chi connectivity index (χ0v) is 32.3. The van der Waals surface area contributed by atoms with Crippen molar-refractivity contribution in [1.82, 2.24) is 0 Å². The predicted octanol–water partition coefficient (Wildman–Crippen LogP) is 10.4. The van der Waals surface area contributed by atoms with Crippen molar-refractivity contribution in [2.75, 3.05) is 13.2 Å². The van der Waals surface area contributed by atoms with Crippen molar-refractivity contribution in [3.8, 4) is 0 Å². The molecule has 3 atom stereocenters. The van der Waals surface area contributed by atoms with Gasteiger partial charge in [-0.3, -0.25) is 9.59 Å². The molecule has 0 aromatic heterocycles. The molecule has 3 N–H and O–H groups in total. The van der Waals surface area contributed by atoms with Crippen LogP contribution < -0.4 is 0 Å². The van der Waals surface area contributed by atoms with E-state index in [9.17, 15) is 24.9 Å². The van der Waals surface area contributed by atoms with Gasteiger partial charge >= 0.3 is 11.9 Å². The van der Waals surface area contributed by atoms with Crippen molar-refractivity contribution in [3.63, 3.8) is 0 Å². The topological polar surface area (TPSA) is 113 Å². The molecule has 0 radical (unpaired) electrons. The van der Waals surface area contributed by atoms with Gasteiger partial charge in [-0.1, -0.05) is 179 Å². The highest BCUT2D eigenvalue weighted by Crippen LogP contribution is 2.15. The second kappa shape index (κ2) is 36.6. The Hall–Kier alpha value is -2.22. The summed E-state index contributed by atoms with van der Waals surface area (Å²) in [5.74, 6) is 0.0563. The fraction of sp³-hybridized carbons (Fsp3) is 0.767. The van der Waals surface area contributed by atoms with E-state index in [4.69, 9.17) is 9.47 Å². The summed E-state index contributed by atoms with van der Waals surface area (Å²) in [5, 5.41) is 29.9. The van der Waals surface area contributed by atoms with Crippen LogP contribution >= 0.6 is 0 Å². The first kappa shape index (κ1) is 47.8. The van der Waals surface area contributed by atoms with Gasteiger partial charge in [-0.25, -0.2) is 0 Å². The number of esters is 2. The third-order valence-corrected chi connectivity index (χ3v) is 8.70. The number of aliphatic hydroxyl groups is 3. The Kier molecular flexibility index (Phi) is 34.9. The number of hydrogen-bond donors (Lipinski definition) is 3. The Morgan fingerprint density at radius 1 is 0.520 bits per heavy atom. The minimum atomic E-state index is -1.05. The van der Waals surface area contributed by atoms with Gasteiger partial charge < -0.3 is 24.8 Å². The lowest BCUT2D eigenvalue weighted by Gasteiger charge is -2.12. The van der Waals surface area contributed by atoms with Crippen LogP contribution in [0, 0.1) is 5.92 Å². The maximum Gasteiger partial charge on any atom is 0.305 e. The average molecular weight is 705 g/mol. The van der Waals surface area contributed by atoms with Gasteiger partial charge in [-0.2, -0.15) is 0 Å². The predicted molar refractivity (Wildman–Crippen MR) is 208 cm³/mol. The lowest BCUT2D eigenvalue weighted by Crippen LogP contribution is -2.25. The molecule has 7 nitrogen and oxygen atoms in total. The molecule has 0 bridgehead atoms. The molecule has 0 aromatic carbocycles. The Labute approximate surface area is 306 Å². The molecule has 0 aliphatic heterocycles. The number of carbonyl (C=O) groups excluding carboxylic acids is 2. The second-order valence-corrected chi connectivity index (χ2v) is 14.3. The summed E-state index contributed by atoms with van der Waals surface area (Å²) in [4.78, 5) is 24.0. The van der Waals surface area contributed by atoms with Gasteiger partial charge in [0, 0.05) is 12.8 Å². The summed E-state index contributed by atoms with van der Waals surface area (Å²) in [7, 11) is 0. The largest absolute Gasteiger partial charge is 0.463 e. The maximum atomic E-state index is 12.0. The van der Waals surface area contributed by atoms with Crippen molar-refractivity contribution in [2.45, 2.75) is 193 Å². The van der Waals surface area contributed by atoms with E-state index in [0.717, 1.165) is 57.3 Å². The molecule has 0 amide bonds. The van der Waals surface area contributed by atoms with Gasteiger partial charge in [0.15, 0.2) is 0 Å². The Bertz CT molecular complexity index is 892. The van der Waals surface area contributed by atoms with Gasteiger partial charge in [-0.05, 0) is 38.0 Å². The van der Waals surface area contributed by atoms with E-state index in [0.29, 0.717) is 19.3 Å². The van der Waals surface area contributed by atoms with Crippen molar-refractivity contribution >= 4 is 11.9 Å². The first-order chi connectivity index (χ1) is 24.2. The van der Waals surface area contributed by atoms with E-state index >= 15 is 0 Å². The molecule has 0 rings (SSSR count). The van der Waals surface area contributed by atoms with Crippen LogP contribution in [0.15, 0.2) is 48.6 Å². The molecule has 0 aliphatic carbocycles. The quantitative estimate of drug-likeness (QED) is 0.0342. The van der Waals surface area contributed by atoms with Crippen molar-refractivity contribution in [1.29, 1.82) is 0 Å². The molecule has 0 saturated heterocycles. The summed E-state index contributed by atoms with van der Waals surface area (Å²) in [6.07, 6.45) is 38.1. The first-order valence-electron chi connectivity index (χ1n) is 20.3. The summed E-state index contributed by atoms with van der Waals surface area (Å²) >= 11 is 0. The highest BCUT2D eigenvalue weighted by Gasteiger charge is 2.12. The fourth-order valence-electron chi connectivity index (χ4n) is 5.54. The lowest BCUT2D eigenvalue weighted by atomic mass is 10.0. The lowest BCUT2D eigenvalue weighted by molar-refractivity contribution is -0.152. The normalized spacial score (nSPS) is 14.1. The summed E-state index contributed by atoms with van der Waals surface area (Å²) in [6, 6.07) is 0. The minimum absolute atomic E-state index is 0.137. The third-order valence-electron chi connectivity index (χ3n) is 8.70. The van der Waals surface area contributed by atoms with Crippen LogP contribution in [-0.4, -0.2) is 58.8 Å². The van der Waals surface area contributed by atoms with Gasteiger partial charge in [0.1, 0.15) is 19.3 Å². The highest BCUT2D eigenvalue weighted by molar-refractivity contribution is 5.69. The van der Waals surface area contributed by atoms with E-state index in [1.807, 2.05) is 36.5 Å². The first-order valence-corrected chi connectivity index (χ1v) is 20.3. The average Bonchev–Trinajstić information content (AvgIpc) is 3.08. The van der Waals surface area contributed by atoms with E-state index in [2.05, 4.69) is 20.8 Å². The maximum absolute atomic E-state index is 12.0. The van der Waals surface area contributed by atoms with Crippen molar-refractivity contribution in [3.05, 3.63) is 48.6 Å². The number of unbranched alkanes of at least 4 members (excludes halogenated alkanes) is 15. The van der Waals surface area contributed by atoms with Crippen LogP contribution in [0.5, 0.6) is 0 Å². The zero-order chi connectivity index (χ0) is 36.9. The number of hydrogen-bond acceptors (Lipinski definition) is 7. The minimum Gasteiger partial charge on any atom is -0.463 e. The molecule has 290 valence electrons. The molecule has 0 aliphatic rings. The van der Waals surface area contributed by atoms with Crippen LogP contribution in [-0.2, 0) is 19.1 Å². The smallest absolute Gasteiger partial charge is 0.305 e. The van der Waals surface area contributed by atoms with E-state index < -0.39 is 18.2 Å². The third kappa shape index (κ3) is 37.0. The summed E-state index contributed by atoms with van der Waals surface area (Å²) in [5.41, 5.74) is 0. The van der Waals surface area contributed by atoms with Gasteiger partial charge in [-0.15, -0.1) is 0 Å². The zero-order valence-electron chi connectivity index (χ0n) is 32.3. The molecule has 0 spiro atoms. The molecule has 0 unspecified atom stereocenters. The SMILES string of the molecule is CCCCC[C@H](O)/C=C/C=C\C/C=C\C=C\[C@H](O)CCCC(=O)OC[C@@H](O)COC(=O)CCCCCCCCCCCCCCCCC(C)C. The molecular formula is C43H76O7. The summed E-state index contributed by atoms with van der Waals surface area (Å²) in [6.45, 7) is 6.35. The summed E-state index contributed by atoms with van der Waals surface area (Å²) < 4.78 is 10.2. The van der Waals surface area contributed by atoms with Crippen LogP contribution in [0.2, 0.25) is 0 Å². The monoisotopic (exact) mass is 705 g/mol. The second-order valence-electron chi connectivity index (χ2n) is 14.3. The van der Waals surface area contributed by atoms with Gasteiger partial charge in [0.25, 0.3) is 0 Å². The number of ether oxygens (including phenoxy) is 2. The molecule has 0 saturated carbocycles. The number of aliphatic hydroxyl groups excluding tert-OH is 3. The Morgan fingerprint density at radius 2 is 0.920 bits per heavy atom. The van der Waals surface area contributed by atoms with Crippen molar-refractivity contribution < 1.29 is 34.4 Å². The van der Waals surface area contributed by atoms with Crippen LogP contribution in [0.4, 0.5) is 0 Å². The molecule has 0 fully saturated rings. The van der Waals surface area contributed by atoms with E-state index in [1.165, 1.54) is 77.0 Å². The Balaban J connectivity index is 3.66. The molecule has 7 heteroatoms. The van der Waals surface area contributed by atoms with E-state index in [-0.39, 0.29) is 31.7 Å². The fourth-order valence-corrected chi connectivity index (χ4v) is 5.54. The number of carbonyl (C=O) groups is 2. The molecular weight excluding hydrogens is 628 g/mol. The van der Waals surface area contributed by atoms with Gasteiger partial charge in [0.05, 0.1) is 12.2 Å². The molecule has 50 heavy (non-hydrogen) atoms. The molecule has 0 heterocycles. The van der Waals surface area contributed by atoms with Crippen LogP contribution in [0.25, 0.3) is 0 Å². The van der Waals surface area contributed by atoms with E-state index in [1.54, 1.807) is 12.2 Å². The number of rotatable bonds is 35. The van der Waals surface area contributed by atoms with Crippen LogP contribution in [0.1, 0.15) is 175 Å². The van der Waals surface area contributed by atoms with Crippen LogP contribution in [0.3, 0.4) is 0 Å². The number of allylic oxidation sites excluding steroid dienone is 6. The van der Waals surface area contributed by atoms with Crippen molar-refractivity contribution in [2.24, 2.45) is 5.92 Å². The Morgan fingerprint density at radius 3 is 1.38 bits per heavy atom.